The number of aromatic nitrogens is 2. The minimum atomic E-state index is -0.0231. The van der Waals surface area contributed by atoms with Crippen LogP contribution in [0.15, 0.2) is 16.9 Å². The van der Waals surface area contributed by atoms with Gasteiger partial charge in [-0.15, -0.1) is 12.4 Å². The SMILES string of the molecule is Cc1cc2c(cc1N)n(C)c(=O)n2C.Cl. The number of benzene rings is 1. The first kappa shape index (κ1) is 11.7. The predicted molar refractivity (Wildman–Crippen MR) is 64.6 cm³/mol. The number of fused-ring (bicyclic) bond motifs is 1. The van der Waals surface area contributed by atoms with Gasteiger partial charge >= 0.3 is 5.69 Å². The first-order valence-electron chi connectivity index (χ1n) is 4.44. The van der Waals surface area contributed by atoms with Crippen molar-refractivity contribution in [3.63, 3.8) is 0 Å². The molecule has 0 aliphatic carbocycles. The van der Waals surface area contributed by atoms with Crippen LogP contribution in [0.25, 0.3) is 11.0 Å². The Balaban J connectivity index is 0.00000112. The van der Waals surface area contributed by atoms with Gasteiger partial charge in [-0.05, 0) is 24.6 Å². The summed E-state index contributed by atoms with van der Waals surface area (Å²) in [6.07, 6.45) is 0. The van der Waals surface area contributed by atoms with Crippen molar-refractivity contribution in [1.82, 2.24) is 9.13 Å². The molecule has 82 valence electrons. The van der Waals surface area contributed by atoms with E-state index in [2.05, 4.69) is 0 Å². The third-order valence-corrected chi connectivity index (χ3v) is 2.66. The van der Waals surface area contributed by atoms with Crippen molar-refractivity contribution in [2.24, 2.45) is 14.1 Å². The zero-order chi connectivity index (χ0) is 10.5. The lowest BCUT2D eigenvalue weighted by atomic mass is 10.2. The number of anilines is 1. The molecule has 2 rings (SSSR count). The zero-order valence-electron chi connectivity index (χ0n) is 8.94. The smallest absolute Gasteiger partial charge is 0.328 e. The molecule has 0 fully saturated rings. The third-order valence-electron chi connectivity index (χ3n) is 2.66. The number of nitrogens with two attached hydrogens (primary N) is 1. The Kier molecular flexibility index (Phi) is 2.81. The van der Waals surface area contributed by atoms with Crippen LogP contribution in [0, 0.1) is 6.92 Å². The normalized spacial score (nSPS) is 10.3. The van der Waals surface area contributed by atoms with E-state index in [0.717, 1.165) is 22.3 Å². The second-order valence-corrected chi connectivity index (χ2v) is 3.60. The molecule has 4 nitrogen and oxygen atoms in total. The van der Waals surface area contributed by atoms with Crippen molar-refractivity contribution in [2.75, 3.05) is 5.73 Å². The van der Waals surface area contributed by atoms with E-state index in [9.17, 15) is 4.79 Å². The number of hydrogen-bond donors (Lipinski definition) is 1. The van der Waals surface area contributed by atoms with E-state index in [0.29, 0.717) is 0 Å². The summed E-state index contributed by atoms with van der Waals surface area (Å²) in [5, 5.41) is 0. The van der Waals surface area contributed by atoms with Gasteiger partial charge in [0, 0.05) is 19.8 Å². The minimum Gasteiger partial charge on any atom is -0.398 e. The van der Waals surface area contributed by atoms with Crippen molar-refractivity contribution in [1.29, 1.82) is 0 Å². The molecule has 2 N–H and O–H groups in total. The van der Waals surface area contributed by atoms with Crippen LogP contribution in [-0.4, -0.2) is 9.13 Å². The van der Waals surface area contributed by atoms with E-state index in [1.54, 1.807) is 23.2 Å². The highest BCUT2D eigenvalue weighted by Crippen LogP contribution is 2.19. The summed E-state index contributed by atoms with van der Waals surface area (Å²) in [4.78, 5) is 11.6. The highest BCUT2D eigenvalue weighted by Gasteiger charge is 2.08. The van der Waals surface area contributed by atoms with Crippen LogP contribution in [0.4, 0.5) is 5.69 Å². The van der Waals surface area contributed by atoms with Crippen LogP contribution >= 0.6 is 12.4 Å². The molecular weight excluding hydrogens is 214 g/mol. The maximum absolute atomic E-state index is 11.6. The van der Waals surface area contributed by atoms with Crippen LogP contribution in [0.5, 0.6) is 0 Å². The lowest BCUT2D eigenvalue weighted by Crippen LogP contribution is -2.19. The molecule has 0 radical (unpaired) electrons. The lowest BCUT2D eigenvalue weighted by Gasteiger charge is -2.01. The number of hydrogen-bond acceptors (Lipinski definition) is 2. The van der Waals surface area contributed by atoms with E-state index in [-0.39, 0.29) is 18.1 Å². The second-order valence-electron chi connectivity index (χ2n) is 3.60. The van der Waals surface area contributed by atoms with Crippen molar-refractivity contribution in [2.45, 2.75) is 6.92 Å². The van der Waals surface area contributed by atoms with Crippen LogP contribution < -0.4 is 11.4 Å². The lowest BCUT2D eigenvalue weighted by molar-refractivity contribution is 0.795. The third kappa shape index (κ3) is 1.51. The van der Waals surface area contributed by atoms with Crippen LogP contribution in [0.2, 0.25) is 0 Å². The summed E-state index contributed by atoms with van der Waals surface area (Å²) in [5.74, 6) is 0. The molecule has 0 saturated carbocycles. The highest BCUT2D eigenvalue weighted by molar-refractivity contribution is 5.85. The highest BCUT2D eigenvalue weighted by atomic mass is 35.5. The number of imidazole rings is 1. The molecule has 2 aromatic rings. The number of nitrogen functional groups attached to an aromatic ring is 1. The van der Waals surface area contributed by atoms with Gasteiger partial charge in [0.2, 0.25) is 0 Å². The summed E-state index contributed by atoms with van der Waals surface area (Å²) < 4.78 is 3.23. The van der Waals surface area contributed by atoms with Gasteiger partial charge in [0.15, 0.2) is 0 Å². The van der Waals surface area contributed by atoms with Gasteiger partial charge in [0.25, 0.3) is 0 Å². The summed E-state index contributed by atoms with van der Waals surface area (Å²) >= 11 is 0. The standard InChI is InChI=1S/C10H13N3O.ClH/c1-6-4-8-9(5-7(6)11)13(3)10(14)12(8)2;/h4-5H,11H2,1-3H3;1H. The molecule has 0 bridgehead atoms. The topological polar surface area (TPSA) is 52.9 Å². The van der Waals surface area contributed by atoms with Gasteiger partial charge in [0.1, 0.15) is 0 Å². The molecule has 0 unspecified atom stereocenters. The molecular formula is C10H14ClN3O. The van der Waals surface area contributed by atoms with E-state index in [1.165, 1.54) is 0 Å². The fraction of sp³-hybridized carbons (Fsp3) is 0.300. The molecule has 0 aliphatic rings. The number of halogens is 1. The maximum atomic E-state index is 11.6. The van der Waals surface area contributed by atoms with Crippen molar-refractivity contribution in [3.8, 4) is 0 Å². The maximum Gasteiger partial charge on any atom is 0.328 e. The summed E-state index contributed by atoms with van der Waals surface area (Å²) in [6, 6.07) is 3.78. The fourth-order valence-electron chi connectivity index (χ4n) is 1.67. The Hall–Kier alpha value is -1.42. The summed E-state index contributed by atoms with van der Waals surface area (Å²) in [6.45, 7) is 1.94. The van der Waals surface area contributed by atoms with Gasteiger partial charge in [-0.25, -0.2) is 4.79 Å². The summed E-state index contributed by atoms with van der Waals surface area (Å²) in [7, 11) is 3.51. The monoisotopic (exact) mass is 227 g/mol. The van der Waals surface area contributed by atoms with Gasteiger partial charge in [0.05, 0.1) is 11.0 Å². The largest absolute Gasteiger partial charge is 0.398 e. The Bertz CT molecular complexity index is 520. The minimum absolute atomic E-state index is 0. The van der Waals surface area contributed by atoms with Crippen LogP contribution in [-0.2, 0) is 14.1 Å². The summed E-state index contributed by atoms with van der Waals surface area (Å²) in [5.41, 5.74) is 9.28. The quantitative estimate of drug-likeness (QED) is 0.688. The average molecular weight is 228 g/mol. The molecule has 0 saturated heterocycles. The Labute approximate surface area is 93.7 Å². The molecule has 0 atom stereocenters. The van der Waals surface area contributed by atoms with E-state index >= 15 is 0 Å². The average Bonchev–Trinajstić information content (AvgIpc) is 2.34. The van der Waals surface area contributed by atoms with Crippen LogP contribution in [0.1, 0.15) is 5.56 Å². The first-order chi connectivity index (χ1) is 6.52. The molecule has 15 heavy (non-hydrogen) atoms. The number of rotatable bonds is 0. The number of aryl methyl sites for hydroxylation is 3. The van der Waals surface area contributed by atoms with Crippen molar-refractivity contribution >= 4 is 29.1 Å². The van der Waals surface area contributed by atoms with E-state index < -0.39 is 0 Å². The Morgan fingerprint density at radius 2 is 1.60 bits per heavy atom. The Morgan fingerprint density at radius 1 is 1.13 bits per heavy atom. The zero-order valence-corrected chi connectivity index (χ0v) is 9.76. The molecule has 1 aromatic heterocycles. The molecule has 0 aliphatic heterocycles. The molecule has 5 heteroatoms. The van der Waals surface area contributed by atoms with Gasteiger partial charge in [-0.2, -0.15) is 0 Å². The van der Waals surface area contributed by atoms with E-state index in [1.807, 2.05) is 19.1 Å². The molecule has 1 aromatic carbocycles. The van der Waals surface area contributed by atoms with Crippen molar-refractivity contribution in [3.05, 3.63) is 28.2 Å². The second kappa shape index (κ2) is 3.62. The van der Waals surface area contributed by atoms with Gasteiger partial charge in [-0.1, -0.05) is 0 Å². The van der Waals surface area contributed by atoms with Crippen LogP contribution in [0.3, 0.4) is 0 Å². The predicted octanol–water partition coefficient (Wildman–Crippen LogP) is 1.19. The van der Waals surface area contributed by atoms with Gasteiger partial charge < -0.3 is 5.73 Å². The van der Waals surface area contributed by atoms with Gasteiger partial charge in [-0.3, -0.25) is 9.13 Å². The molecule has 0 amide bonds. The Morgan fingerprint density at radius 3 is 2.13 bits per heavy atom. The van der Waals surface area contributed by atoms with E-state index in [4.69, 9.17) is 5.73 Å². The molecule has 1 heterocycles. The van der Waals surface area contributed by atoms with Crippen molar-refractivity contribution < 1.29 is 0 Å². The number of nitrogens with zero attached hydrogens (tertiary/aromatic N) is 2. The first-order valence-corrected chi connectivity index (χ1v) is 4.44. The fourth-order valence-corrected chi connectivity index (χ4v) is 1.67. The molecule has 0 spiro atoms.